The third-order valence-corrected chi connectivity index (χ3v) is 5.74. The van der Waals surface area contributed by atoms with Gasteiger partial charge in [-0.2, -0.15) is 0 Å². The molecule has 0 unspecified atom stereocenters. The summed E-state index contributed by atoms with van der Waals surface area (Å²) in [6, 6.07) is 12.8. The van der Waals surface area contributed by atoms with Gasteiger partial charge in [0, 0.05) is 17.5 Å². The molecule has 0 aliphatic heterocycles. The number of halogens is 1. The predicted molar refractivity (Wildman–Crippen MR) is 117 cm³/mol. The molecule has 2 heterocycles. The molecule has 0 aliphatic carbocycles. The van der Waals surface area contributed by atoms with Crippen LogP contribution in [0.3, 0.4) is 0 Å². The molecule has 0 N–H and O–H groups in total. The number of nitrogens with zero attached hydrogens (tertiary/aromatic N) is 2. The molecule has 0 saturated heterocycles. The Morgan fingerprint density at radius 3 is 2.41 bits per heavy atom. The number of carbonyl (C=O) groups is 2. The summed E-state index contributed by atoms with van der Waals surface area (Å²) in [5, 5.41) is 0.681. The molecule has 0 saturated carbocycles. The minimum atomic E-state index is -0.548. The van der Waals surface area contributed by atoms with Crippen LogP contribution in [-0.4, -0.2) is 40.5 Å². The van der Waals surface area contributed by atoms with Gasteiger partial charge in [-0.15, -0.1) is 11.3 Å². The molecular weight excluding hydrogens is 408 g/mol. The van der Waals surface area contributed by atoms with Crippen LogP contribution in [0.25, 0.3) is 21.5 Å². The number of pyridine rings is 1. The lowest BCUT2D eigenvalue weighted by molar-refractivity contribution is -0.138. The van der Waals surface area contributed by atoms with Gasteiger partial charge in [-0.1, -0.05) is 29.8 Å². The zero-order chi connectivity index (χ0) is 21.1. The van der Waals surface area contributed by atoms with Gasteiger partial charge in [0.1, 0.15) is 0 Å². The van der Waals surface area contributed by atoms with Crippen LogP contribution < -0.4 is 0 Å². The number of benzene rings is 1. The van der Waals surface area contributed by atoms with Gasteiger partial charge in [-0.3, -0.25) is 4.79 Å². The summed E-state index contributed by atoms with van der Waals surface area (Å²) in [5.74, 6) is -0.764. The maximum absolute atomic E-state index is 12.9. The van der Waals surface area contributed by atoms with Gasteiger partial charge in [0.2, 0.25) is 0 Å². The van der Waals surface area contributed by atoms with E-state index in [2.05, 4.69) is 4.98 Å². The largest absolute Gasteiger partial charge is 0.452 e. The number of amides is 1. The number of esters is 1. The van der Waals surface area contributed by atoms with Crippen LogP contribution in [0.2, 0.25) is 4.34 Å². The Balaban J connectivity index is 1.90. The third kappa shape index (κ3) is 4.77. The van der Waals surface area contributed by atoms with E-state index < -0.39 is 5.97 Å². The normalized spacial score (nSPS) is 11.3. The summed E-state index contributed by atoms with van der Waals surface area (Å²) >= 11 is 7.44. The minimum Gasteiger partial charge on any atom is -0.452 e. The second-order valence-corrected chi connectivity index (χ2v) is 8.96. The Labute approximate surface area is 179 Å². The number of fused-ring (bicyclic) bond motifs is 1. The average molecular weight is 431 g/mol. The van der Waals surface area contributed by atoms with Crippen molar-refractivity contribution in [2.75, 3.05) is 6.61 Å². The molecular formula is C22H23ClN2O3S. The fraction of sp³-hybridized carbons (Fsp3) is 0.318. The van der Waals surface area contributed by atoms with Gasteiger partial charge in [-0.25, -0.2) is 9.78 Å². The summed E-state index contributed by atoms with van der Waals surface area (Å²) in [4.78, 5) is 32.6. The van der Waals surface area contributed by atoms with E-state index in [9.17, 15) is 9.59 Å². The molecule has 2 aromatic heterocycles. The maximum Gasteiger partial charge on any atom is 0.339 e. The molecule has 3 rings (SSSR count). The van der Waals surface area contributed by atoms with Crippen LogP contribution in [0.5, 0.6) is 0 Å². The number of rotatable bonds is 6. The van der Waals surface area contributed by atoms with Gasteiger partial charge in [0.05, 0.1) is 26.0 Å². The van der Waals surface area contributed by atoms with Crippen molar-refractivity contribution in [2.45, 2.75) is 39.8 Å². The number of thiophene rings is 1. The molecule has 3 aromatic rings. The van der Waals surface area contributed by atoms with Gasteiger partial charge in [-0.05, 0) is 52.0 Å². The maximum atomic E-state index is 12.9. The number of hydrogen-bond acceptors (Lipinski definition) is 5. The Morgan fingerprint density at radius 1 is 1.10 bits per heavy atom. The first-order valence-electron chi connectivity index (χ1n) is 9.41. The molecule has 0 fully saturated rings. The third-order valence-electron chi connectivity index (χ3n) is 4.49. The van der Waals surface area contributed by atoms with E-state index in [0.29, 0.717) is 26.5 Å². The van der Waals surface area contributed by atoms with Crippen molar-refractivity contribution in [2.24, 2.45) is 0 Å². The number of carbonyl (C=O) groups excluding carboxylic acids is 2. The van der Waals surface area contributed by atoms with E-state index in [-0.39, 0.29) is 24.6 Å². The summed E-state index contributed by atoms with van der Waals surface area (Å²) in [7, 11) is 0. The lowest BCUT2D eigenvalue weighted by atomic mass is 10.1. The number of aromatic nitrogens is 1. The highest BCUT2D eigenvalue weighted by molar-refractivity contribution is 7.19. The second kappa shape index (κ2) is 8.93. The fourth-order valence-corrected chi connectivity index (χ4v) is 4.38. The van der Waals surface area contributed by atoms with Crippen LogP contribution in [0.15, 0.2) is 42.5 Å². The van der Waals surface area contributed by atoms with Crippen LogP contribution in [0.1, 0.15) is 38.1 Å². The molecule has 0 spiro atoms. The average Bonchev–Trinajstić information content (AvgIpc) is 3.11. The van der Waals surface area contributed by atoms with Crippen molar-refractivity contribution in [1.29, 1.82) is 0 Å². The van der Waals surface area contributed by atoms with Crippen molar-refractivity contribution >= 4 is 45.7 Å². The molecule has 1 amide bonds. The van der Waals surface area contributed by atoms with E-state index in [1.807, 2.05) is 58.0 Å². The fourth-order valence-electron chi connectivity index (χ4n) is 3.37. The lowest BCUT2D eigenvalue weighted by Crippen LogP contribution is -2.44. The standard InChI is InChI=1S/C22H23ClN2O3S/c1-13(2)25(14(3)4)21(26)12-28-22(27)16-11-18(19-9-10-20(23)29-19)24-17-8-6-5-7-15(16)17/h5-11,13-14H,12H2,1-4H3. The molecule has 152 valence electrons. The molecule has 0 aliphatic rings. The van der Waals surface area contributed by atoms with Crippen LogP contribution >= 0.6 is 22.9 Å². The molecule has 0 atom stereocenters. The molecule has 0 bridgehead atoms. The summed E-state index contributed by atoms with van der Waals surface area (Å²) in [5.41, 5.74) is 1.70. The number of hydrogen-bond donors (Lipinski definition) is 0. The molecule has 1 aromatic carbocycles. The molecule has 29 heavy (non-hydrogen) atoms. The SMILES string of the molecule is CC(C)N(C(=O)COC(=O)c1cc(-c2ccc(Cl)s2)nc2ccccc12)C(C)C. The monoisotopic (exact) mass is 430 g/mol. The van der Waals surface area contributed by atoms with E-state index in [1.54, 1.807) is 17.0 Å². The van der Waals surface area contributed by atoms with E-state index in [0.717, 1.165) is 4.88 Å². The number of ether oxygens (including phenoxy) is 1. The van der Waals surface area contributed by atoms with Crippen molar-refractivity contribution in [1.82, 2.24) is 9.88 Å². The zero-order valence-corrected chi connectivity index (χ0v) is 18.4. The second-order valence-electron chi connectivity index (χ2n) is 7.24. The summed E-state index contributed by atoms with van der Waals surface area (Å²) in [6.45, 7) is 7.46. The Kier molecular flexibility index (Phi) is 6.55. The quantitative estimate of drug-likeness (QED) is 0.490. The summed E-state index contributed by atoms with van der Waals surface area (Å²) in [6.07, 6.45) is 0. The highest BCUT2D eigenvalue weighted by atomic mass is 35.5. The smallest absolute Gasteiger partial charge is 0.339 e. The van der Waals surface area contributed by atoms with Crippen molar-refractivity contribution < 1.29 is 14.3 Å². The first-order chi connectivity index (χ1) is 13.8. The Hall–Kier alpha value is -2.44. The van der Waals surface area contributed by atoms with E-state index in [1.165, 1.54) is 11.3 Å². The highest BCUT2D eigenvalue weighted by Gasteiger charge is 2.23. The van der Waals surface area contributed by atoms with E-state index >= 15 is 0 Å². The topological polar surface area (TPSA) is 59.5 Å². The molecule has 7 heteroatoms. The lowest BCUT2D eigenvalue weighted by Gasteiger charge is -2.30. The van der Waals surface area contributed by atoms with Crippen LogP contribution in [-0.2, 0) is 9.53 Å². The Bertz CT molecular complexity index is 1040. The molecule has 5 nitrogen and oxygen atoms in total. The Morgan fingerprint density at radius 2 is 1.79 bits per heavy atom. The summed E-state index contributed by atoms with van der Waals surface area (Å²) < 4.78 is 6.04. The minimum absolute atomic E-state index is 0.0261. The number of para-hydroxylation sites is 1. The zero-order valence-electron chi connectivity index (χ0n) is 16.8. The molecule has 0 radical (unpaired) electrons. The van der Waals surface area contributed by atoms with Crippen molar-refractivity contribution in [3.05, 3.63) is 52.4 Å². The van der Waals surface area contributed by atoms with Crippen molar-refractivity contribution in [3.63, 3.8) is 0 Å². The van der Waals surface area contributed by atoms with Gasteiger partial charge >= 0.3 is 5.97 Å². The first kappa shape index (κ1) is 21.3. The van der Waals surface area contributed by atoms with Crippen molar-refractivity contribution in [3.8, 4) is 10.6 Å². The van der Waals surface area contributed by atoms with E-state index in [4.69, 9.17) is 16.3 Å². The first-order valence-corrected chi connectivity index (χ1v) is 10.6. The van der Waals surface area contributed by atoms with Gasteiger partial charge in [0.25, 0.3) is 5.91 Å². The van der Waals surface area contributed by atoms with Crippen LogP contribution in [0, 0.1) is 0 Å². The van der Waals surface area contributed by atoms with Gasteiger partial charge < -0.3 is 9.64 Å². The van der Waals surface area contributed by atoms with Crippen LogP contribution in [0.4, 0.5) is 0 Å². The highest BCUT2D eigenvalue weighted by Crippen LogP contribution is 2.32. The van der Waals surface area contributed by atoms with Gasteiger partial charge in [0.15, 0.2) is 6.61 Å². The predicted octanol–water partition coefficient (Wildman–Crippen LogP) is 5.42.